The zero-order chi connectivity index (χ0) is 18.4. The molecule has 1 saturated heterocycles. The second-order valence-electron chi connectivity index (χ2n) is 6.12. The monoisotopic (exact) mass is 404 g/mol. The molecule has 1 unspecified atom stereocenters. The van der Waals surface area contributed by atoms with Gasteiger partial charge in [-0.15, -0.1) is 0 Å². The molecule has 1 aliphatic heterocycles. The lowest BCUT2D eigenvalue weighted by atomic mass is 10.1. The SMILES string of the molecule is CN(C)N1CC(Cc2ccc(OCCCCS(=O)(=O)O)cc2)SC1=S. The summed E-state index contributed by atoms with van der Waals surface area (Å²) >= 11 is 7.13. The van der Waals surface area contributed by atoms with Crippen molar-refractivity contribution in [1.82, 2.24) is 10.0 Å². The highest BCUT2D eigenvalue weighted by molar-refractivity contribution is 8.23. The summed E-state index contributed by atoms with van der Waals surface area (Å²) in [5.74, 6) is 0.542. The molecule has 2 rings (SSSR count). The molecule has 1 atom stereocenters. The Hall–Kier alpha value is -0.870. The minimum absolute atomic E-state index is 0.222. The summed E-state index contributed by atoms with van der Waals surface area (Å²) in [4.78, 5) is 0. The molecule has 0 aromatic heterocycles. The molecule has 0 bridgehead atoms. The molecule has 9 heteroatoms. The number of thioether (sulfide) groups is 1. The molecule has 1 aliphatic rings. The van der Waals surface area contributed by atoms with Gasteiger partial charge in [-0.05, 0) is 37.0 Å². The molecular formula is C16H24N2O4S3. The van der Waals surface area contributed by atoms with Gasteiger partial charge in [-0.25, -0.2) is 5.01 Å². The first-order valence-electron chi connectivity index (χ1n) is 8.07. The minimum Gasteiger partial charge on any atom is -0.494 e. The van der Waals surface area contributed by atoms with Crippen LogP contribution in [0.1, 0.15) is 18.4 Å². The van der Waals surface area contributed by atoms with Gasteiger partial charge in [0.15, 0.2) is 4.32 Å². The number of rotatable bonds is 9. The molecule has 0 radical (unpaired) electrons. The van der Waals surface area contributed by atoms with Gasteiger partial charge in [0.2, 0.25) is 0 Å². The highest BCUT2D eigenvalue weighted by Crippen LogP contribution is 2.29. The van der Waals surface area contributed by atoms with Gasteiger partial charge >= 0.3 is 0 Å². The lowest BCUT2D eigenvalue weighted by molar-refractivity contribution is 0.123. The number of thiocarbonyl (C=S) groups is 1. The standard InChI is InChI=1S/C16H24N2O4S3/c1-17(2)18-12-15(24-16(18)23)11-13-5-7-14(8-6-13)22-9-3-4-10-25(19,20)21/h5-8,15H,3-4,9-12H2,1-2H3,(H,19,20,21). The number of benzene rings is 1. The second-order valence-corrected chi connectivity index (χ2v) is 9.63. The topological polar surface area (TPSA) is 70.1 Å². The highest BCUT2D eigenvalue weighted by atomic mass is 32.2. The highest BCUT2D eigenvalue weighted by Gasteiger charge is 2.28. The van der Waals surface area contributed by atoms with Crippen molar-refractivity contribution in [3.05, 3.63) is 29.8 Å². The molecule has 6 nitrogen and oxygen atoms in total. The zero-order valence-electron chi connectivity index (χ0n) is 14.4. The van der Waals surface area contributed by atoms with Crippen LogP contribution in [0.2, 0.25) is 0 Å². The average molecular weight is 405 g/mol. The largest absolute Gasteiger partial charge is 0.494 e. The van der Waals surface area contributed by atoms with E-state index in [0.29, 0.717) is 24.7 Å². The van der Waals surface area contributed by atoms with Crippen molar-refractivity contribution in [3.8, 4) is 5.75 Å². The van der Waals surface area contributed by atoms with Crippen LogP contribution in [0.3, 0.4) is 0 Å². The Balaban J connectivity index is 1.74. The summed E-state index contributed by atoms with van der Waals surface area (Å²) in [7, 11) is 0.122. The maximum absolute atomic E-state index is 10.6. The van der Waals surface area contributed by atoms with Crippen LogP contribution < -0.4 is 4.74 Å². The first-order chi connectivity index (χ1) is 11.7. The van der Waals surface area contributed by atoms with Crippen LogP contribution in [0.15, 0.2) is 24.3 Å². The van der Waals surface area contributed by atoms with Crippen LogP contribution in [0, 0.1) is 0 Å². The van der Waals surface area contributed by atoms with E-state index in [1.807, 2.05) is 31.2 Å². The van der Waals surface area contributed by atoms with Gasteiger partial charge in [0.05, 0.1) is 12.4 Å². The fourth-order valence-corrected chi connectivity index (χ4v) is 4.85. The number of hydrogen-bond acceptors (Lipinski definition) is 6. The molecular weight excluding hydrogens is 380 g/mol. The predicted octanol–water partition coefficient (Wildman–Crippen LogP) is 2.45. The lowest BCUT2D eigenvalue weighted by Crippen LogP contribution is -2.37. The van der Waals surface area contributed by atoms with Crippen molar-refractivity contribution in [2.24, 2.45) is 0 Å². The Morgan fingerprint density at radius 1 is 1.32 bits per heavy atom. The van der Waals surface area contributed by atoms with E-state index in [2.05, 4.69) is 17.1 Å². The fourth-order valence-electron chi connectivity index (χ4n) is 2.50. The van der Waals surface area contributed by atoms with Crippen molar-refractivity contribution in [3.63, 3.8) is 0 Å². The van der Waals surface area contributed by atoms with Crippen LogP contribution in [0.25, 0.3) is 0 Å². The van der Waals surface area contributed by atoms with Gasteiger partial charge in [0.1, 0.15) is 5.75 Å². The lowest BCUT2D eigenvalue weighted by Gasteiger charge is -2.24. The third kappa shape index (κ3) is 7.10. The molecule has 1 aromatic carbocycles. The van der Waals surface area contributed by atoms with Crippen LogP contribution >= 0.6 is 24.0 Å². The molecule has 0 aliphatic carbocycles. The Morgan fingerprint density at radius 2 is 2.00 bits per heavy atom. The fraction of sp³-hybridized carbons (Fsp3) is 0.562. The molecule has 0 saturated carbocycles. The van der Waals surface area contributed by atoms with E-state index < -0.39 is 10.1 Å². The molecule has 0 spiro atoms. The average Bonchev–Trinajstić information content (AvgIpc) is 2.88. The molecule has 1 fully saturated rings. The first-order valence-corrected chi connectivity index (χ1v) is 11.0. The van der Waals surface area contributed by atoms with E-state index in [-0.39, 0.29) is 5.75 Å². The van der Waals surface area contributed by atoms with Crippen LogP contribution in [-0.2, 0) is 16.5 Å². The van der Waals surface area contributed by atoms with Gasteiger partial charge in [-0.3, -0.25) is 9.56 Å². The Morgan fingerprint density at radius 3 is 2.56 bits per heavy atom. The van der Waals surface area contributed by atoms with Gasteiger partial charge in [0.25, 0.3) is 10.1 Å². The van der Waals surface area contributed by atoms with Crippen molar-refractivity contribution >= 4 is 38.4 Å². The predicted molar refractivity (Wildman–Crippen MR) is 106 cm³/mol. The Kier molecular flexibility index (Phi) is 7.51. The van der Waals surface area contributed by atoms with Crippen molar-refractivity contribution < 1.29 is 17.7 Å². The van der Waals surface area contributed by atoms with Crippen LogP contribution in [0.5, 0.6) is 5.75 Å². The summed E-state index contributed by atoms with van der Waals surface area (Å²) in [6.07, 6.45) is 1.92. The molecule has 0 amide bonds. The van der Waals surface area contributed by atoms with E-state index in [0.717, 1.165) is 23.0 Å². The van der Waals surface area contributed by atoms with E-state index in [4.69, 9.17) is 21.5 Å². The quantitative estimate of drug-likeness (QED) is 0.382. The maximum atomic E-state index is 10.6. The number of hydrazine groups is 1. The van der Waals surface area contributed by atoms with Gasteiger partial charge in [-0.1, -0.05) is 36.1 Å². The molecule has 25 heavy (non-hydrogen) atoms. The Bertz CT molecular complexity index is 677. The van der Waals surface area contributed by atoms with Crippen molar-refractivity contribution in [2.75, 3.05) is 33.0 Å². The van der Waals surface area contributed by atoms with E-state index >= 15 is 0 Å². The number of ether oxygens (including phenoxy) is 1. The summed E-state index contributed by atoms with van der Waals surface area (Å²) in [6.45, 7) is 1.35. The third-order valence-electron chi connectivity index (χ3n) is 3.79. The van der Waals surface area contributed by atoms with E-state index in [1.54, 1.807) is 11.8 Å². The number of unbranched alkanes of at least 4 members (excludes halogenated alkanes) is 1. The molecule has 1 aromatic rings. The third-order valence-corrected chi connectivity index (χ3v) is 6.16. The van der Waals surface area contributed by atoms with Crippen LogP contribution in [-0.4, -0.2) is 65.6 Å². The summed E-state index contributed by atoms with van der Waals surface area (Å²) in [6, 6.07) is 7.96. The second kappa shape index (κ2) is 9.18. The van der Waals surface area contributed by atoms with E-state index in [1.165, 1.54) is 5.56 Å². The smallest absolute Gasteiger partial charge is 0.264 e. The molecule has 1 heterocycles. The minimum atomic E-state index is -3.87. The summed E-state index contributed by atoms with van der Waals surface area (Å²) in [5, 5.41) is 4.57. The first kappa shape index (κ1) is 20.4. The van der Waals surface area contributed by atoms with Crippen LogP contribution in [0.4, 0.5) is 0 Å². The summed E-state index contributed by atoms with van der Waals surface area (Å²) in [5.41, 5.74) is 1.24. The van der Waals surface area contributed by atoms with Gasteiger partial charge < -0.3 is 4.74 Å². The Labute approximate surface area is 159 Å². The van der Waals surface area contributed by atoms with Gasteiger partial charge in [0, 0.05) is 25.9 Å². The zero-order valence-corrected chi connectivity index (χ0v) is 16.9. The normalized spacial score (nSPS) is 18.2. The number of nitrogens with zero attached hydrogens (tertiary/aromatic N) is 2. The number of hydrogen-bond donors (Lipinski definition) is 1. The van der Waals surface area contributed by atoms with Gasteiger partial charge in [-0.2, -0.15) is 8.42 Å². The van der Waals surface area contributed by atoms with Crippen molar-refractivity contribution in [2.45, 2.75) is 24.5 Å². The molecule has 1 N–H and O–H groups in total. The maximum Gasteiger partial charge on any atom is 0.264 e. The van der Waals surface area contributed by atoms with E-state index in [9.17, 15) is 8.42 Å². The van der Waals surface area contributed by atoms with Crippen molar-refractivity contribution in [1.29, 1.82) is 0 Å². The molecule has 140 valence electrons. The summed E-state index contributed by atoms with van der Waals surface area (Å²) < 4.78 is 36.4.